The molecule has 0 spiro atoms. The number of nitrogens with one attached hydrogen (secondary N) is 1. The van der Waals surface area contributed by atoms with Crippen LogP contribution in [0.5, 0.6) is 0 Å². The van der Waals surface area contributed by atoms with E-state index in [0.717, 1.165) is 18.0 Å². The summed E-state index contributed by atoms with van der Waals surface area (Å²) in [5.74, 6) is 0.215. The lowest BCUT2D eigenvalue weighted by Crippen LogP contribution is -2.04. The molecule has 0 unspecified atom stereocenters. The van der Waals surface area contributed by atoms with Gasteiger partial charge in [0.05, 0.1) is 6.20 Å². The Kier molecular flexibility index (Phi) is 3.95. The smallest absolute Gasteiger partial charge is 0.223 e. The number of aromatic nitrogens is 4. The highest BCUT2D eigenvalue weighted by molar-refractivity contribution is 7.99. The molecular weight excluding hydrogens is 269 g/mol. The van der Waals surface area contributed by atoms with Gasteiger partial charge in [-0.2, -0.15) is 0 Å². The van der Waals surface area contributed by atoms with Gasteiger partial charge in [-0.15, -0.1) is 0 Å². The minimum Gasteiger partial charge on any atom is -0.383 e. The lowest BCUT2D eigenvalue weighted by atomic mass is 10.5. The van der Waals surface area contributed by atoms with Crippen LogP contribution in [0.25, 0.3) is 0 Å². The van der Waals surface area contributed by atoms with E-state index in [1.807, 2.05) is 6.92 Å². The molecule has 0 aliphatic rings. The molecule has 2 heterocycles. The zero-order valence-electron chi connectivity index (χ0n) is 10.1. The summed E-state index contributed by atoms with van der Waals surface area (Å²) in [5, 5.41) is 3.23. The monoisotopic (exact) mass is 281 g/mol. The molecule has 0 radical (unpaired) electrons. The maximum Gasteiger partial charge on any atom is 0.223 e. The van der Waals surface area contributed by atoms with E-state index in [0.29, 0.717) is 12.5 Å². The number of hydrogen-bond acceptors (Lipinski definition) is 8. The van der Waals surface area contributed by atoms with Crippen molar-refractivity contribution in [3.63, 3.8) is 0 Å². The summed E-state index contributed by atoms with van der Waals surface area (Å²) >= 11 is 0.934. The van der Waals surface area contributed by atoms with Crippen LogP contribution in [0.3, 0.4) is 0 Å². The van der Waals surface area contributed by atoms with Crippen LogP contribution in [-0.4, -0.2) is 26.5 Å². The highest BCUT2D eigenvalue weighted by Gasteiger charge is 2.11. The van der Waals surface area contributed by atoms with Crippen LogP contribution in [-0.2, 0) is 0 Å². The summed E-state index contributed by atoms with van der Waals surface area (Å²) < 4.78 is 13.6. The van der Waals surface area contributed by atoms with E-state index in [-0.39, 0.29) is 21.8 Å². The molecule has 2 aromatic heterocycles. The Bertz CT molecular complexity index is 572. The first-order chi connectivity index (χ1) is 9.08. The number of anilines is 3. The second-order valence-electron chi connectivity index (χ2n) is 3.48. The average molecular weight is 281 g/mol. The summed E-state index contributed by atoms with van der Waals surface area (Å²) in [6.45, 7) is 2.53. The van der Waals surface area contributed by atoms with Crippen molar-refractivity contribution in [2.45, 2.75) is 17.1 Å². The molecule has 0 aliphatic carbocycles. The molecular formula is C10H12FN7S. The molecule has 2 aromatic rings. The summed E-state index contributed by atoms with van der Waals surface area (Å²) in [6, 6.07) is 1.42. The number of rotatable bonds is 4. The Morgan fingerprint density at radius 1 is 1.26 bits per heavy atom. The van der Waals surface area contributed by atoms with E-state index in [2.05, 4.69) is 25.3 Å². The molecule has 0 aromatic carbocycles. The summed E-state index contributed by atoms with van der Waals surface area (Å²) in [6.07, 6.45) is 1.09. The molecule has 0 saturated heterocycles. The van der Waals surface area contributed by atoms with E-state index in [1.165, 1.54) is 6.07 Å². The minimum absolute atomic E-state index is 0.107. The number of hydrogen-bond donors (Lipinski definition) is 3. The molecule has 19 heavy (non-hydrogen) atoms. The molecule has 7 nitrogen and oxygen atoms in total. The SMILES string of the molecule is CCNc1ncc(F)c(Sc2nc(N)cc(N)n2)n1. The lowest BCUT2D eigenvalue weighted by molar-refractivity contribution is 0.579. The van der Waals surface area contributed by atoms with Gasteiger partial charge in [-0.1, -0.05) is 0 Å². The second-order valence-corrected chi connectivity index (χ2v) is 4.44. The van der Waals surface area contributed by atoms with Crippen LogP contribution in [0, 0.1) is 5.82 Å². The molecule has 0 fully saturated rings. The highest BCUT2D eigenvalue weighted by Crippen LogP contribution is 2.26. The van der Waals surface area contributed by atoms with Crippen molar-refractivity contribution in [1.82, 2.24) is 19.9 Å². The maximum atomic E-state index is 13.6. The fraction of sp³-hybridized carbons (Fsp3) is 0.200. The molecule has 0 atom stereocenters. The third kappa shape index (κ3) is 3.41. The Labute approximate surface area is 113 Å². The number of nitrogen functional groups attached to an aromatic ring is 2. The van der Waals surface area contributed by atoms with E-state index < -0.39 is 5.82 Å². The van der Waals surface area contributed by atoms with Gasteiger partial charge in [-0.25, -0.2) is 24.3 Å². The van der Waals surface area contributed by atoms with Crippen molar-refractivity contribution in [2.75, 3.05) is 23.3 Å². The molecule has 5 N–H and O–H groups in total. The van der Waals surface area contributed by atoms with Crippen molar-refractivity contribution in [1.29, 1.82) is 0 Å². The van der Waals surface area contributed by atoms with E-state index in [9.17, 15) is 4.39 Å². The summed E-state index contributed by atoms with van der Waals surface area (Å²) in [5.41, 5.74) is 11.1. The lowest BCUT2D eigenvalue weighted by Gasteiger charge is -2.05. The van der Waals surface area contributed by atoms with E-state index >= 15 is 0 Å². The van der Waals surface area contributed by atoms with E-state index in [4.69, 9.17) is 11.5 Å². The molecule has 0 aliphatic heterocycles. The van der Waals surface area contributed by atoms with Gasteiger partial charge in [0.2, 0.25) is 5.95 Å². The zero-order chi connectivity index (χ0) is 13.8. The predicted molar refractivity (Wildman–Crippen MR) is 71.1 cm³/mol. The zero-order valence-corrected chi connectivity index (χ0v) is 10.9. The topological polar surface area (TPSA) is 116 Å². The third-order valence-corrected chi connectivity index (χ3v) is 2.82. The Hall–Kier alpha value is -2.16. The fourth-order valence-corrected chi connectivity index (χ4v) is 2.02. The Morgan fingerprint density at radius 2 is 1.95 bits per heavy atom. The van der Waals surface area contributed by atoms with Gasteiger partial charge in [0.15, 0.2) is 11.0 Å². The summed E-state index contributed by atoms with van der Waals surface area (Å²) in [7, 11) is 0. The van der Waals surface area contributed by atoms with Gasteiger partial charge in [-0.05, 0) is 18.7 Å². The molecule has 9 heteroatoms. The highest BCUT2D eigenvalue weighted by atomic mass is 32.2. The number of nitrogens with zero attached hydrogens (tertiary/aromatic N) is 4. The van der Waals surface area contributed by atoms with Crippen LogP contribution in [0.15, 0.2) is 22.4 Å². The van der Waals surface area contributed by atoms with Crippen LogP contribution >= 0.6 is 11.8 Å². The van der Waals surface area contributed by atoms with Crippen LogP contribution < -0.4 is 16.8 Å². The first-order valence-corrected chi connectivity index (χ1v) is 6.24. The number of nitrogens with two attached hydrogens (primary N) is 2. The van der Waals surface area contributed by atoms with Gasteiger partial charge in [0.1, 0.15) is 16.7 Å². The van der Waals surface area contributed by atoms with Gasteiger partial charge >= 0.3 is 0 Å². The molecule has 0 saturated carbocycles. The van der Waals surface area contributed by atoms with Crippen molar-refractivity contribution in [3.05, 3.63) is 18.1 Å². The first kappa shape index (κ1) is 13.3. The maximum absolute atomic E-state index is 13.6. The minimum atomic E-state index is -0.559. The van der Waals surface area contributed by atoms with Gasteiger partial charge < -0.3 is 16.8 Å². The van der Waals surface area contributed by atoms with Crippen molar-refractivity contribution in [2.24, 2.45) is 0 Å². The molecule has 0 amide bonds. The largest absolute Gasteiger partial charge is 0.383 e. The standard InChI is InChI=1S/C10H12FN7S/c1-2-14-9-15-4-5(11)8(18-9)19-10-16-6(12)3-7(13)17-10/h3-4H,2H2,1H3,(H,14,15,18)(H4,12,13,16,17). The van der Waals surface area contributed by atoms with Crippen molar-refractivity contribution < 1.29 is 4.39 Å². The van der Waals surface area contributed by atoms with Crippen molar-refractivity contribution in [3.8, 4) is 0 Å². The normalized spacial score (nSPS) is 10.4. The van der Waals surface area contributed by atoms with Crippen LogP contribution in [0.4, 0.5) is 22.0 Å². The first-order valence-electron chi connectivity index (χ1n) is 5.42. The second kappa shape index (κ2) is 5.65. The summed E-state index contributed by atoms with van der Waals surface area (Å²) in [4.78, 5) is 15.7. The van der Waals surface area contributed by atoms with Crippen LogP contribution in [0.1, 0.15) is 6.92 Å². The Morgan fingerprint density at radius 3 is 2.58 bits per heavy atom. The van der Waals surface area contributed by atoms with Gasteiger partial charge in [0, 0.05) is 12.6 Å². The quantitative estimate of drug-likeness (QED) is 0.564. The molecule has 2 rings (SSSR count). The molecule has 100 valence electrons. The average Bonchev–Trinajstić information content (AvgIpc) is 2.32. The third-order valence-electron chi connectivity index (χ3n) is 1.98. The van der Waals surface area contributed by atoms with Crippen LogP contribution in [0.2, 0.25) is 0 Å². The van der Waals surface area contributed by atoms with Gasteiger partial charge in [-0.3, -0.25) is 0 Å². The Balaban J connectivity index is 2.28. The fourth-order valence-electron chi connectivity index (χ4n) is 1.26. The van der Waals surface area contributed by atoms with Crippen molar-refractivity contribution >= 4 is 29.3 Å². The predicted octanol–water partition coefficient (Wildman–Crippen LogP) is 1.15. The van der Waals surface area contributed by atoms with Gasteiger partial charge in [0.25, 0.3) is 0 Å². The number of halogens is 1. The molecule has 0 bridgehead atoms. The van der Waals surface area contributed by atoms with E-state index in [1.54, 1.807) is 0 Å².